The van der Waals surface area contributed by atoms with E-state index in [4.69, 9.17) is 9.47 Å². The Balaban J connectivity index is 1.50. The van der Waals surface area contributed by atoms with Gasteiger partial charge in [-0.15, -0.1) is 0 Å². The number of nitrogens with zero attached hydrogens (tertiary/aromatic N) is 1. The van der Waals surface area contributed by atoms with Gasteiger partial charge < -0.3 is 14.0 Å². The van der Waals surface area contributed by atoms with E-state index in [1.807, 2.05) is 67.7 Å². The molecule has 1 heterocycles. The number of benzene rings is 3. The van der Waals surface area contributed by atoms with Crippen molar-refractivity contribution in [3.8, 4) is 11.4 Å². The maximum atomic E-state index is 12.1. The van der Waals surface area contributed by atoms with Crippen molar-refractivity contribution in [1.29, 1.82) is 0 Å². The predicted molar refractivity (Wildman–Crippen MR) is 134 cm³/mol. The molecule has 0 unspecified atom stereocenters. The lowest BCUT2D eigenvalue weighted by atomic mass is 10.1. The van der Waals surface area contributed by atoms with Gasteiger partial charge in [-0.25, -0.2) is 4.79 Å². The number of aromatic nitrogens is 1. The van der Waals surface area contributed by atoms with Crippen LogP contribution in [0.15, 0.2) is 95.6 Å². The summed E-state index contributed by atoms with van der Waals surface area (Å²) in [4.78, 5) is 12.1. The van der Waals surface area contributed by atoms with Gasteiger partial charge in [0, 0.05) is 22.1 Å². The highest BCUT2D eigenvalue weighted by Crippen LogP contribution is 2.26. The molecule has 0 aliphatic heterocycles. The molecule has 3 aromatic carbocycles. The lowest BCUT2D eigenvalue weighted by Crippen LogP contribution is -2.07. The molecule has 0 radical (unpaired) electrons. The summed E-state index contributed by atoms with van der Waals surface area (Å²) in [6.45, 7) is 2.71. The van der Waals surface area contributed by atoms with Crippen molar-refractivity contribution in [2.75, 3.05) is 6.61 Å². The second-order valence-electron chi connectivity index (χ2n) is 7.67. The molecular formula is C28H26BrNO3. The molecule has 4 rings (SSSR count). The third kappa shape index (κ3) is 5.93. The van der Waals surface area contributed by atoms with Crippen LogP contribution in [0.25, 0.3) is 5.69 Å². The normalized spacial score (nSPS) is 10.7. The van der Waals surface area contributed by atoms with Gasteiger partial charge in [0.15, 0.2) is 0 Å². The van der Waals surface area contributed by atoms with Crippen molar-refractivity contribution in [2.24, 2.45) is 0 Å². The summed E-state index contributed by atoms with van der Waals surface area (Å²) in [5.74, 6) is 0.590. The summed E-state index contributed by atoms with van der Waals surface area (Å²) in [5.41, 5.74) is 4.94. The van der Waals surface area contributed by atoms with Gasteiger partial charge in [0.2, 0.25) is 0 Å². The fraction of sp³-hybridized carbons (Fsp3) is 0.179. The summed E-state index contributed by atoms with van der Waals surface area (Å²) < 4.78 is 14.4. The van der Waals surface area contributed by atoms with Crippen LogP contribution in [0, 0.1) is 0 Å². The van der Waals surface area contributed by atoms with Crippen LogP contribution < -0.4 is 4.74 Å². The van der Waals surface area contributed by atoms with Crippen LogP contribution in [0.3, 0.4) is 0 Å². The predicted octanol–water partition coefficient (Wildman–Crippen LogP) is 6.78. The SMILES string of the molecule is CCOC(=O)c1cccc(-n2cccc2CCc2cc(Br)ccc2OCc2ccccc2)c1. The second kappa shape index (κ2) is 11.0. The Kier molecular flexibility index (Phi) is 7.63. The third-order valence-electron chi connectivity index (χ3n) is 5.38. The molecule has 0 aliphatic rings. The number of carbonyl (C=O) groups is 1. The minimum atomic E-state index is -0.303. The van der Waals surface area contributed by atoms with E-state index in [-0.39, 0.29) is 5.97 Å². The molecule has 0 atom stereocenters. The number of aryl methyl sites for hydroxylation is 2. The lowest BCUT2D eigenvalue weighted by molar-refractivity contribution is 0.0526. The van der Waals surface area contributed by atoms with Crippen LogP contribution >= 0.6 is 15.9 Å². The minimum absolute atomic E-state index is 0.303. The van der Waals surface area contributed by atoms with Crippen molar-refractivity contribution in [2.45, 2.75) is 26.4 Å². The van der Waals surface area contributed by atoms with Gasteiger partial charge in [-0.3, -0.25) is 0 Å². The van der Waals surface area contributed by atoms with E-state index in [1.54, 1.807) is 6.07 Å². The number of hydrogen-bond acceptors (Lipinski definition) is 3. The van der Waals surface area contributed by atoms with Crippen LogP contribution in [-0.4, -0.2) is 17.1 Å². The Bertz CT molecular complexity index is 1220. The van der Waals surface area contributed by atoms with E-state index in [2.05, 4.69) is 44.8 Å². The van der Waals surface area contributed by atoms with Crippen LogP contribution in [0.4, 0.5) is 0 Å². The van der Waals surface area contributed by atoms with E-state index >= 15 is 0 Å². The molecule has 0 spiro atoms. The average Bonchev–Trinajstić information content (AvgIpc) is 3.32. The molecule has 0 saturated heterocycles. The third-order valence-corrected chi connectivity index (χ3v) is 5.87. The highest BCUT2D eigenvalue weighted by molar-refractivity contribution is 9.10. The molecule has 0 saturated carbocycles. The van der Waals surface area contributed by atoms with Gasteiger partial charge in [0.05, 0.1) is 12.2 Å². The van der Waals surface area contributed by atoms with E-state index in [9.17, 15) is 4.79 Å². The van der Waals surface area contributed by atoms with Gasteiger partial charge in [0.1, 0.15) is 12.4 Å². The van der Waals surface area contributed by atoms with E-state index in [0.29, 0.717) is 18.8 Å². The number of rotatable bonds is 9. The van der Waals surface area contributed by atoms with E-state index in [0.717, 1.165) is 45.6 Å². The van der Waals surface area contributed by atoms with Crippen molar-refractivity contribution in [3.63, 3.8) is 0 Å². The largest absolute Gasteiger partial charge is 0.489 e. The van der Waals surface area contributed by atoms with Crippen LogP contribution in [-0.2, 0) is 24.2 Å². The van der Waals surface area contributed by atoms with Gasteiger partial charge in [-0.05, 0) is 79.4 Å². The van der Waals surface area contributed by atoms with Gasteiger partial charge in [-0.2, -0.15) is 0 Å². The minimum Gasteiger partial charge on any atom is -0.489 e. The Morgan fingerprint density at radius 1 is 0.909 bits per heavy atom. The smallest absolute Gasteiger partial charge is 0.338 e. The zero-order valence-corrected chi connectivity index (χ0v) is 20.1. The topological polar surface area (TPSA) is 40.5 Å². The summed E-state index contributed by atoms with van der Waals surface area (Å²) in [6, 6.07) is 28.0. The maximum absolute atomic E-state index is 12.1. The van der Waals surface area contributed by atoms with Crippen LogP contribution in [0.1, 0.15) is 34.1 Å². The van der Waals surface area contributed by atoms with Crippen LogP contribution in [0.5, 0.6) is 5.75 Å². The molecular weight excluding hydrogens is 478 g/mol. The zero-order valence-electron chi connectivity index (χ0n) is 18.5. The van der Waals surface area contributed by atoms with Gasteiger partial charge in [0.25, 0.3) is 0 Å². The first kappa shape index (κ1) is 22.9. The van der Waals surface area contributed by atoms with Gasteiger partial charge in [-0.1, -0.05) is 52.3 Å². The zero-order chi connectivity index (χ0) is 23.0. The molecule has 0 aliphatic carbocycles. The summed E-state index contributed by atoms with van der Waals surface area (Å²) >= 11 is 3.59. The van der Waals surface area contributed by atoms with Crippen molar-refractivity contribution < 1.29 is 14.3 Å². The molecule has 0 amide bonds. The Hall–Kier alpha value is -3.31. The first-order valence-electron chi connectivity index (χ1n) is 11.0. The first-order chi connectivity index (χ1) is 16.1. The monoisotopic (exact) mass is 503 g/mol. The number of ether oxygens (including phenoxy) is 2. The highest BCUT2D eigenvalue weighted by Gasteiger charge is 2.11. The molecule has 1 aromatic heterocycles. The number of halogens is 1. The number of esters is 1. The van der Waals surface area contributed by atoms with Crippen LogP contribution in [0.2, 0.25) is 0 Å². The van der Waals surface area contributed by atoms with Crippen molar-refractivity contribution >= 4 is 21.9 Å². The summed E-state index contributed by atoms with van der Waals surface area (Å²) in [7, 11) is 0. The lowest BCUT2D eigenvalue weighted by Gasteiger charge is -2.14. The first-order valence-corrected chi connectivity index (χ1v) is 11.8. The maximum Gasteiger partial charge on any atom is 0.338 e. The number of hydrogen-bond donors (Lipinski definition) is 0. The molecule has 5 heteroatoms. The Morgan fingerprint density at radius 2 is 1.76 bits per heavy atom. The molecule has 168 valence electrons. The molecule has 0 bridgehead atoms. The highest BCUT2D eigenvalue weighted by atomic mass is 79.9. The van der Waals surface area contributed by atoms with Crippen molar-refractivity contribution in [3.05, 3.63) is 118 Å². The molecule has 4 aromatic rings. The van der Waals surface area contributed by atoms with Crippen molar-refractivity contribution in [1.82, 2.24) is 4.57 Å². The Morgan fingerprint density at radius 3 is 2.58 bits per heavy atom. The molecule has 0 N–H and O–H groups in total. The fourth-order valence-electron chi connectivity index (χ4n) is 3.75. The molecule has 0 fully saturated rings. The molecule has 33 heavy (non-hydrogen) atoms. The summed E-state index contributed by atoms with van der Waals surface area (Å²) in [5, 5.41) is 0. The van der Waals surface area contributed by atoms with Gasteiger partial charge >= 0.3 is 5.97 Å². The Labute approximate surface area is 202 Å². The van der Waals surface area contributed by atoms with E-state index in [1.165, 1.54) is 0 Å². The standard InChI is InChI=1S/C28H26BrNO3/c1-2-32-28(31)23-10-6-11-26(19-23)30-17-7-12-25(30)15-13-22-18-24(29)14-16-27(22)33-20-21-8-4-3-5-9-21/h3-12,14,16-19H,2,13,15,20H2,1H3. The molecule has 4 nitrogen and oxygen atoms in total. The summed E-state index contributed by atoms with van der Waals surface area (Å²) in [6.07, 6.45) is 3.67. The van der Waals surface area contributed by atoms with E-state index < -0.39 is 0 Å². The second-order valence-corrected chi connectivity index (χ2v) is 8.58. The average molecular weight is 504 g/mol. The fourth-order valence-corrected chi connectivity index (χ4v) is 4.16. The number of carbonyl (C=O) groups excluding carboxylic acids is 1. The quantitative estimate of drug-likeness (QED) is 0.236.